The third-order valence-electron chi connectivity index (χ3n) is 3.76. The third-order valence-corrected chi connectivity index (χ3v) is 3.76. The summed E-state index contributed by atoms with van der Waals surface area (Å²) in [6.07, 6.45) is 3.31. The lowest BCUT2D eigenvalue weighted by Gasteiger charge is -2.24. The molecule has 4 nitrogen and oxygen atoms in total. The van der Waals surface area contributed by atoms with Crippen molar-refractivity contribution < 1.29 is 4.79 Å². The molecular formula is C16H27Cl2N3O. The van der Waals surface area contributed by atoms with Gasteiger partial charge in [0, 0.05) is 37.4 Å². The number of carbonyl (C=O) groups excluding carboxylic acids is 1. The van der Waals surface area contributed by atoms with Crippen LogP contribution in [-0.4, -0.2) is 38.6 Å². The lowest BCUT2D eigenvalue weighted by Crippen LogP contribution is -2.45. The van der Waals surface area contributed by atoms with Crippen LogP contribution in [-0.2, 0) is 0 Å². The van der Waals surface area contributed by atoms with E-state index in [1.54, 1.807) is 0 Å². The third kappa shape index (κ3) is 6.03. The predicted octanol–water partition coefficient (Wildman–Crippen LogP) is 2.86. The zero-order valence-electron chi connectivity index (χ0n) is 13.3. The van der Waals surface area contributed by atoms with E-state index in [1.165, 1.54) is 0 Å². The highest BCUT2D eigenvalue weighted by Crippen LogP contribution is 2.14. The molecular weight excluding hydrogens is 321 g/mol. The van der Waals surface area contributed by atoms with Crippen LogP contribution in [0.2, 0.25) is 0 Å². The van der Waals surface area contributed by atoms with Gasteiger partial charge in [-0.2, -0.15) is 0 Å². The van der Waals surface area contributed by atoms with Crippen LogP contribution in [0.25, 0.3) is 0 Å². The molecule has 0 spiro atoms. The fraction of sp³-hybridized carbons (Fsp3) is 0.562. The van der Waals surface area contributed by atoms with Gasteiger partial charge in [-0.25, -0.2) is 0 Å². The smallest absolute Gasteiger partial charge is 0.251 e. The summed E-state index contributed by atoms with van der Waals surface area (Å²) in [4.78, 5) is 14.4. The first-order valence-electron chi connectivity index (χ1n) is 7.53. The highest BCUT2D eigenvalue weighted by molar-refractivity contribution is 5.94. The summed E-state index contributed by atoms with van der Waals surface area (Å²) in [7, 11) is 2.08. The molecule has 1 fully saturated rings. The average molecular weight is 348 g/mol. The van der Waals surface area contributed by atoms with E-state index in [0.717, 1.165) is 50.1 Å². The summed E-state index contributed by atoms with van der Waals surface area (Å²) < 4.78 is 0. The van der Waals surface area contributed by atoms with Gasteiger partial charge in [0.15, 0.2) is 0 Å². The van der Waals surface area contributed by atoms with Gasteiger partial charge >= 0.3 is 0 Å². The SMILES string of the molecule is CCCN(C)c1ccc(C(=O)N[C@H]2CCCNC2)cc1.Cl.Cl. The molecule has 0 aromatic heterocycles. The predicted molar refractivity (Wildman–Crippen MR) is 97.9 cm³/mol. The largest absolute Gasteiger partial charge is 0.375 e. The minimum Gasteiger partial charge on any atom is -0.375 e. The molecule has 22 heavy (non-hydrogen) atoms. The Hall–Kier alpha value is -0.970. The molecule has 1 aromatic rings. The maximum Gasteiger partial charge on any atom is 0.251 e. The van der Waals surface area contributed by atoms with Crippen LogP contribution in [0, 0.1) is 0 Å². The van der Waals surface area contributed by atoms with E-state index in [9.17, 15) is 4.79 Å². The second kappa shape index (κ2) is 10.7. The van der Waals surface area contributed by atoms with Gasteiger partial charge in [0.2, 0.25) is 0 Å². The molecule has 0 aliphatic carbocycles. The molecule has 6 heteroatoms. The number of benzene rings is 1. The molecule has 1 aliphatic rings. The van der Waals surface area contributed by atoms with Crippen molar-refractivity contribution in [2.45, 2.75) is 32.2 Å². The molecule has 126 valence electrons. The van der Waals surface area contributed by atoms with Crippen molar-refractivity contribution in [2.24, 2.45) is 0 Å². The van der Waals surface area contributed by atoms with Crippen molar-refractivity contribution in [3.05, 3.63) is 29.8 Å². The zero-order valence-corrected chi connectivity index (χ0v) is 14.9. The molecule has 1 saturated heterocycles. The molecule has 1 aliphatic heterocycles. The van der Waals surface area contributed by atoms with Gasteiger partial charge in [0.25, 0.3) is 5.91 Å². The summed E-state index contributed by atoms with van der Waals surface area (Å²) in [5, 5.41) is 6.40. The number of nitrogens with one attached hydrogen (secondary N) is 2. The van der Waals surface area contributed by atoms with E-state index >= 15 is 0 Å². The van der Waals surface area contributed by atoms with Crippen molar-refractivity contribution in [2.75, 3.05) is 31.6 Å². The summed E-state index contributed by atoms with van der Waals surface area (Å²) >= 11 is 0. The van der Waals surface area contributed by atoms with Crippen molar-refractivity contribution in [1.29, 1.82) is 0 Å². The van der Waals surface area contributed by atoms with Crippen molar-refractivity contribution >= 4 is 36.4 Å². The summed E-state index contributed by atoms with van der Waals surface area (Å²) in [6.45, 7) is 5.13. The minimum atomic E-state index is 0. The zero-order chi connectivity index (χ0) is 14.4. The molecule has 1 amide bonds. The first-order chi connectivity index (χ1) is 9.70. The fourth-order valence-corrected chi connectivity index (χ4v) is 2.58. The number of rotatable bonds is 5. The highest BCUT2D eigenvalue weighted by atomic mass is 35.5. The number of anilines is 1. The van der Waals surface area contributed by atoms with Gasteiger partial charge in [-0.3, -0.25) is 4.79 Å². The van der Waals surface area contributed by atoms with Crippen molar-refractivity contribution in [3.63, 3.8) is 0 Å². The van der Waals surface area contributed by atoms with E-state index in [1.807, 2.05) is 24.3 Å². The first-order valence-corrected chi connectivity index (χ1v) is 7.53. The molecule has 1 aromatic carbocycles. The van der Waals surface area contributed by atoms with Gasteiger partial charge in [0.05, 0.1) is 0 Å². The second-order valence-electron chi connectivity index (χ2n) is 5.49. The van der Waals surface area contributed by atoms with Crippen LogP contribution >= 0.6 is 24.8 Å². The molecule has 1 heterocycles. The van der Waals surface area contributed by atoms with E-state index in [-0.39, 0.29) is 36.8 Å². The number of hydrogen-bond donors (Lipinski definition) is 2. The summed E-state index contributed by atoms with van der Waals surface area (Å²) in [6, 6.07) is 8.12. The summed E-state index contributed by atoms with van der Waals surface area (Å²) in [5.41, 5.74) is 1.90. The maximum atomic E-state index is 12.2. The Bertz CT molecular complexity index is 434. The highest BCUT2D eigenvalue weighted by Gasteiger charge is 2.16. The molecule has 0 unspecified atom stereocenters. The number of hydrogen-bond acceptors (Lipinski definition) is 3. The van der Waals surface area contributed by atoms with E-state index < -0.39 is 0 Å². The van der Waals surface area contributed by atoms with Crippen LogP contribution in [0.5, 0.6) is 0 Å². The lowest BCUT2D eigenvalue weighted by molar-refractivity contribution is 0.0930. The quantitative estimate of drug-likeness (QED) is 0.860. The summed E-state index contributed by atoms with van der Waals surface area (Å²) in [5.74, 6) is 0.0309. The Balaban J connectivity index is 0.00000220. The van der Waals surface area contributed by atoms with Gasteiger partial charge in [-0.05, 0) is 50.1 Å². The van der Waals surface area contributed by atoms with E-state index in [4.69, 9.17) is 0 Å². The normalized spacial score (nSPS) is 16.9. The number of nitrogens with zero attached hydrogens (tertiary/aromatic N) is 1. The van der Waals surface area contributed by atoms with Crippen LogP contribution in [0.1, 0.15) is 36.5 Å². The number of amides is 1. The molecule has 0 bridgehead atoms. The molecule has 1 atom stereocenters. The Morgan fingerprint density at radius 1 is 1.32 bits per heavy atom. The Kier molecular flexibility index (Phi) is 10.2. The molecule has 0 radical (unpaired) electrons. The number of carbonyl (C=O) groups is 1. The Morgan fingerprint density at radius 3 is 2.55 bits per heavy atom. The lowest BCUT2D eigenvalue weighted by atomic mass is 10.1. The van der Waals surface area contributed by atoms with Gasteiger partial charge in [0.1, 0.15) is 0 Å². The topological polar surface area (TPSA) is 44.4 Å². The van der Waals surface area contributed by atoms with Crippen molar-refractivity contribution in [1.82, 2.24) is 10.6 Å². The van der Waals surface area contributed by atoms with Gasteiger partial charge in [-0.1, -0.05) is 6.92 Å². The van der Waals surface area contributed by atoms with E-state index in [0.29, 0.717) is 0 Å². The molecule has 2 N–H and O–H groups in total. The standard InChI is InChI=1S/C16H25N3O.2ClH/c1-3-11-19(2)15-8-6-13(7-9-15)16(20)18-14-5-4-10-17-12-14;;/h6-9,14,17H,3-5,10-12H2,1-2H3,(H,18,20);2*1H/t14-;;/m0../s1. The second-order valence-corrected chi connectivity index (χ2v) is 5.49. The van der Waals surface area contributed by atoms with Crippen LogP contribution in [0.4, 0.5) is 5.69 Å². The van der Waals surface area contributed by atoms with Crippen LogP contribution < -0.4 is 15.5 Å². The van der Waals surface area contributed by atoms with Gasteiger partial charge < -0.3 is 15.5 Å². The maximum absolute atomic E-state index is 12.2. The Labute approximate surface area is 145 Å². The number of piperidine rings is 1. The van der Waals surface area contributed by atoms with Crippen molar-refractivity contribution in [3.8, 4) is 0 Å². The first kappa shape index (κ1) is 21.0. The average Bonchev–Trinajstić information content (AvgIpc) is 2.48. The van der Waals surface area contributed by atoms with Crippen LogP contribution in [0.15, 0.2) is 24.3 Å². The van der Waals surface area contributed by atoms with Crippen LogP contribution in [0.3, 0.4) is 0 Å². The Morgan fingerprint density at radius 2 is 2.00 bits per heavy atom. The van der Waals surface area contributed by atoms with Gasteiger partial charge in [-0.15, -0.1) is 24.8 Å². The monoisotopic (exact) mass is 347 g/mol. The van der Waals surface area contributed by atoms with E-state index in [2.05, 4.69) is 29.5 Å². The number of halogens is 2. The minimum absolute atomic E-state index is 0. The molecule has 2 rings (SSSR count). The fourth-order valence-electron chi connectivity index (χ4n) is 2.58. The molecule has 0 saturated carbocycles.